The highest BCUT2D eigenvalue weighted by atomic mass is 16.5. The van der Waals surface area contributed by atoms with Gasteiger partial charge in [0.05, 0.1) is 19.7 Å². The topological polar surface area (TPSA) is 80.9 Å². The highest BCUT2D eigenvalue weighted by Crippen LogP contribution is 2.31. The molecule has 0 bridgehead atoms. The molecule has 1 saturated heterocycles. The number of amides is 1. The Hall–Kier alpha value is -2.70. The van der Waals surface area contributed by atoms with Crippen molar-refractivity contribution in [3.63, 3.8) is 0 Å². The Bertz CT molecular complexity index is 860. The summed E-state index contributed by atoms with van der Waals surface area (Å²) in [5.74, 6) is 0.498. The molecule has 1 N–H and O–H groups in total. The number of methoxy groups -OCH3 is 2. The van der Waals surface area contributed by atoms with Crippen LogP contribution in [0, 0.1) is 0 Å². The highest BCUT2D eigenvalue weighted by Gasteiger charge is 2.31. The molecule has 2 aromatic rings. The molecular weight excluding hydrogens is 360 g/mol. The number of fused-ring (bicyclic) bond motifs is 1. The van der Waals surface area contributed by atoms with Crippen molar-refractivity contribution in [1.29, 1.82) is 0 Å². The lowest BCUT2D eigenvalue weighted by Gasteiger charge is -2.36. The zero-order chi connectivity index (χ0) is 20.3. The van der Waals surface area contributed by atoms with E-state index in [1.165, 1.54) is 0 Å². The van der Waals surface area contributed by atoms with E-state index in [0.717, 1.165) is 37.6 Å². The van der Waals surface area contributed by atoms with Crippen LogP contribution in [0.4, 0.5) is 0 Å². The smallest absolute Gasteiger partial charge is 0.355 e. The molecule has 1 fully saturated rings. The molecule has 1 aromatic heterocycles. The molecule has 1 aliphatic rings. The predicted octanol–water partition coefficient (Wildman–Crippen LogP) is 3.52. The second kappa shape index (κ2) is 8.54. The largest absolute Gasteiger partial charge is 0.497 e. The number of carbonyl (C=O) groups excluding carboxylic acids is 2. The number of aromatic nitrogens is 1. The molecule has 7 nitrogen and oxygen atoms in total. The summed E-state index contributed by atoms with van der Waals surface area (Å²) in [6.07, 6.45) is 3.22. The lowest BCUT2D eigenvalue weighted by molar-refractivity contribution is -0.143. The van der Waals surface area contributed by atoms with Gasteiger partial charge in [0, 0.05) is 24.0 Å². The summed E-state index contributed by atoms with van der Waals surface area (Å²) in [5, 5.41) is 0.768. The van der Waals surface area contributed by atoms with Crippen molar-refractivity contribution < 1.29 is 23.8 Å². The minimum Gasteiger partial charge on any atom is -0.497 e. The van der Waals surface area contributed by atoms with E-state index < -0.39 is 12.1 Å². The maximum absolute atomic E-state index is 12.8. The van der Waals surface area contributed by atoms with Crippen LogP contribution >= 0.6 is 0 Å². The number of hydrogen-bond acceptors (Lipinski definition) is 5. The number of carbonyl (C=O) groups is 2. The molecule has 2 unspecified atom stereocenters. The number of hydrogen-bond donors (Lipinski definition) is 1. The van der Waals surface area contributed by atoms with Crippen LogP contribution in [-0.4, -0.2) is 54.7 Å². The van der Waals surface area contributed by atoms with Gasteiger partial charge in [-0.3, -0.25) is 4.79 Å². The van der Waals surface area contributed by atoms with Gasteiger partial charge in [0.15, 0.2) is 6.10 Å². The van der Waals surface area contributed by atoms with E-state index in [9.17, 15) is 9.59 Å². The standard InChI is InChI=1S/C21H28N2O5/c1-5-15-8-6-7-9-23(15)20(24)13(2)28-21(25)17-11-14-10-16(26-3)12-18(27-4)19(14)22-17/h10-13,15,22H,5-9H2,1-4H3. The van der Waals surface area contributed by atoms with Crippen LogP contribution in [0.15, 0.2) is 18.2 Å². The van der Waals surface area contributed by atoms with E-state index in [0.29, 0.717) is 17.0 Å². The lowest BCUT2D eigenvalue weighted by Crippen LogP contribution is -2.48. The molecule has 0 radical (unpaired) electrons. The number of benzene rings is 1. The minimum absolute atomic E-state index is 0.129. The van der Waals surface area contributed by atoms with E-state index in [4.69, 9.17) is 14.2 Å². The van der Waals surface area contributed by atoms with Gasteiger partial charge in [-0.05, 0) is 44.7 Å². The molecule has 2 atom stereocenters. The van der Waals surface area contributed by atoms with Crippen LogP contribution < -0.4 is 9.47 Å². The number of ether oxygens (including phenoxy) is 3. The Morgan fingerprint density at radius 1 is 1.21 bits per heavy atom. The third-order valence-corrected chi connectivity index (χ3v) is 5.35. The summed E-state index contributed by atoms with van der Waals surface area (Å²) in [6.45, 7) is 4.44. The Morgan fingerprint density at radius 2 is 2.00 bits per heavy atom. The van der Waals surface area contributed by atoms with Gasteiger partial charge in [-0.1, -0.05) is 6.92 Å². The first-order chi connectivity index (χ1) is 13.5. The zero-order valence-electron chi connectivity index (χ0n) is 16.9. The third-order valence-electron chi connectivity index (χ3n) is 5.35. The van der Waals surface area contributed by atoms with Gasteiger partial charge >= 0.3 is 5.97 Å². The van der Waals surface area contributed by atoms with Crippen LogP contribution in [0.3, 0.4) is 0 Å². The van der Waals surface area contributed by atoms with Crippen LogP contribution in [0.5, 0.6) is 11.5 Å². The minimum atomic E-state index is -0.831. The molecule has 2 heterocycles. The third kappa shape index (κ3) is 3.93. The van der Waals surface area contributed by atoms with E-state index in [-0.39, 0.29) is 17.6 Å². The number of aromatic amines is 1. The number of piperidine rings is 1. The van der Waals surface area contributed by atoms with Gasteiger partial charge in [0.1, 0.15) is 17.2 Å². The average molecular weight is 388 g/mol. The van der Waals surface area contributed by atoms with E-state index >= 15 is 0 Å². The molecule has 0 spiro atoms. The second-order valence-corrected chi connectivity index (χ2v) is 7.11. The van der Waals surface area contributed by atoms with Crippen LogP contribution in [-0.2, 0) is 9.53 Å². The number of nitrogens with zero attached hydrogens (tertiary/aromatic N) is 1. The van der Waals surface area contributed by atoms with Crippen LogP contribution in [0.25, 0.3) is 10.9 Å². The quantitative estimate of drug-likeness (QED) is 0.766. The molecule has 152 valence electrons. The first-order valence-corrected chi connectivity index (χ1v) is 9.74. The van der Waals surface area contributed by atoms with Crippen molar-refractivity contribution in [3.8, 4) is 11.5 Å². The predicted molar refractivity (Wildman–Crippen MR) is 106 cm³/mol. The van der Waals surface area contributed by atoms with Gasteiger partial charge in [-0.2, -0.15) is 0 Å². The summed E-state index contributed by atoms with van der Waals surface area (Å²) in [4.78, 5) is 30.3. The van der Waals surface area contributed by atoms with Crippen molar-refractivity contribution in [1.82, 2.24) is 9.88 Å². The van der Waals surface area contributed by atoms with Gasteiger partial charge in [-0.15, -0.1) is 0 Å². The summed E-state index contributed by atoms with van der Waals surface area (Å²) in [6, 6.07) is 5.45. The van der Waals surface area contributed by atoms with Crippen molar-refractivity contribution >= 4 is 22.8 Å². The average Bonchev–Trinajstić information content (AvgIpc) is 3.16. The Kier molecular flexibility index (Phi) is 6.11. The molecule has 0 saturated carbocycles. The van der Waals surface area contributed by atoms with E-state index in [1.807, 2.05) is 4.90 Å². The zero-order valence-corrected chi connectivity index (χ0v) is 16.9. The fourth-order valence-corrected chi connectivity index (χ4v) is 3.80. The second-order valence-electron chi connectivity index (χ2n) is 7.11. The van der Waals surface area contributed by atoms with Crippen molar-refractivity contribution in [3.05, 3.63) is 23.9 Å². The normalized spacial score (nSPS) is 18.0. The molecule has 28 heavy (non-hydrogen) atoms. The van der Waals surface area contributed by atoms with Crippen molar-refractivity contribution in [2.45, 2.75) is 51.7 Å². The number of likely N-dealkylation sites (tertiary alicyclic amines) is 1. The number of rotatable bonds is 6. The van der Waals surface area contributed by atoms with E-state index in [2.05, 4.69) is 11.9 Å². The van der Waals surface area contributed by atoms with Gasteiger partial charge in [-0.25, -0.2) is 4.79 Å². The highest BCUT2D eigenvalue weighted by molar-refractivity contribution is 5.98. The van der Waals surface area contributed by atoms with Crippen LogP contribution in [0.2, 0.25) is 0 Å². The molecule has 1 amide bonds. The summed E-state index contributed by atoms with van der Waals surface area (Å²) in [5.41, 5.74) is 0.947. The lowest BCUT2D eigenvalue weighted by atomic mass is 9.99. The molecule has 3 rings (SSSR count). The van der Waals surface area contributed by atoms with Crippen LogP contribution in [0.1, 0.15) is 50.0 Å². The van der Waals surface area contributed by atoms with E-state index in [1.54, 1.807) is 39.3 Å². The SMILES string of the molecule is CCC1CCCCN1C(=O)C(C)OC(=O)c1cc2cc(OC)cc(OC)c2[nH]1. The van der Waals surface area contributed by atoms with Gasteiger partial charge in [0.2, 0.25) is 0 Å². The van der Waals surface area contributed by atoms with Gasteiger partial charge in [0.25, 0.3) is 5.91 Å². The molecule has 7 heteroatoms. The number of H-pyrrole nitrogens is 1. The van der Waals surface area contributed by atoms with Gasteiger partial charge < -0.3 is 24.1 Å². The molecular formula is C21H28N2O5. The van der Waals surface area contributed by atoms with Crippen molar-refractivity contribution in [2.24, 2.45) is 0 Å². The Morgan fingerprint density at radius 3 is 2.68 bits per heavy atom. The first-order valence-electron chi connectivity index (χ1n) is 9.74. The van der Waals surface area contributed by atoms with Crippen molar-refractivity contribution in [2.75, 3.05) is 20.8 Å². The maximum Gasteiger partial charge on any atom is 0.355 e. The molecule has 0 aliphatic carbocycles. The number of esters is 1. The summed E-state index contributed by atoms with van der Waals surface area (Å²) >= 11 is 0. The monoisotopic (exact) mass is 388 g/mol. The number of nitrogens with one attached hydrogen (secondary N) is 1. The maximum atomic E-state index is 12.8. The Balaban J connectivity index is 1.76. The molecule has 1 aromatic carbocycles. The fourth-order valence-electron chi connectivity index (χ4n) is 3.80. The fraction of sp³-hybridized carbons (Fsp3) is 0.524. The summed E-state index contributed by atoms with van der Waals surface area (Å²) < 4.78 is 16.1. The summed E-state index contributed by atoms with van der Waals surface area (Å²) in [7, 11) is 3.12. The molecule has 1 aliphatic heterocycles. The Labute approximate surface area is 164 Å². The first kappa shape index (κ1) is 20.0.